The Kier molecular flexibility index (Phi) is 8.67. The van der Waals surface area contributed by atoms with Gasteiger partial charge in [0, 0.05) is 13.0 Å². The monoisotopic (exact) mass is 301 g/mol. The van der Waals surface area contributed by atoms with Crippen LogP contribution in [-0.2, 0) is 23.9 Å². The van der Waals surface area contributed by atoms with E-state index in [2.05, 4.69) is 10.1 Å². The van der Waals surface area contributed by atoms with E-state index in [0.29, 0.717) is 6.61 Å². The number of esters is 1. The van der Waals surface area contributed by atoms with Crippen LogP contribution in [0.1, 0.15) is 35.0 Å². The lowest BCUT2D eigenvalue weighted by atomic mass is 10.1. The molecule has 0 aliphatic heterocycles. The van der Waals surface area contributed by atoms with Crippen molar-refractivity contribution in [1.29, 1.82) is 5.53 Å². The molecule has 8 heteroatoms. The SMILES string of the molecule is [2H][C@](CCC(=O)C=[N+]=N)(NC(=O)COCC)C(=O)OC(C)C. The standard InChI is InChI=1S/C13H21N3O5/c1-4-20-8-12(18)16-11(13(19)21-9(2)3)6-5-10(17)7-15-14/h7,9,11,14H,4-6,8H2,1-3H3/p+1/t11-/m1/s1/i11D. The van der Waals surface area contributed by atoms with E-state index in [1.165, 1.54) is 0 Å². The fourth-order valence-corrected chi connectivity index (χ4v) is 1.28. The van der Waals surface area contributed by atoms with Crippen molar-refractivity contribution in [3.05, 3.63) is 0 Å². The fraction of sp³-hybridized carbons (Fsp3) is 0.692. The molecule has 8 nitrogen and oxygen atoms in total. The first-order valence-corrected chi connectivity index (χ1v) is 6.57. The van der Waals surface area contributed by atoms with Gasteiger partial charge in [-0.05, 0) is 27.2 Å². The molecule has 0 spiro atoms. The Labute approximate surface area is 124 Å². The number of ether oxygens (including phenoxy) is 2. The summed E-state index contributed by atoms with van der Waals surface area (Å²) >= 11 is 0. The Morgan fingerprint density at radius 1 is 1.43 bits per heavy atom. The zero-order valence-electron chi connectivity index (χ0n) is 13.5. The molecular formula is C13H22N3O5+. The maximum atomic E-state index is 12.0. The van der Waals surface area contributed by atoms with Crippen molar-refractivity contribution in [2.75, 3.05) is 13.2 Å². The summed E-state index contributed by atoms with van der Waals surface area (Å²) < 4.78 is 18.0. The van der Waals surface area contributed by atoms with Crippen LogP contribution < -0.4 is 5.32 Å². The van der Waals surface area contributed by atoms with Crippen LogP contribution in [0.4, 0.5) is 0 Å². The first kappa shape index (κ1) is 17.0. The lowest BCUT2D eigenvalue weighted by Gasteiger charge is -2.18. The van der Waals surface area contributed by atoms with Gasteiger partial charge in [-0.15, -0.1) is 0 Å². The van der Waals surface area contributed by atoms with Crippen LogP contribution in [0.15, 0.2) is 0 Å². The Hall–Kier alpha value is -2.05. The Balaban J connectivity index is 4.95. The number of ketones is 1. The van der Waals surface area contributed by atoms with Gasteiger partial charge in [0.05, 0.1) is 17.8 Å². The largest absolute Gasteiger partial charge is 0.461 e. The van der Waals surface area contributed by atoms with E-state index in [-0.39, 0.29) is 19.4 Å². The van der Waals surface area contributed by atoms with Crippen molar-refractivity contribution in [1.82, 2.24) is 5.32 Å². The van der Waals surface area contributed by atoms with Crippen LogP contribution in [0, 0.1) is 5.53 Å². The van der Waals surface area contributed by atoms with Crippen molar-refractivity contribution in [3.8, 4) is 0 Å². The molecule has 0 aliphatic carbocycles. The average Bonchev–Trinajstić information content (AvgIpc) is 2.42. The van der Waals surface area contributed by atoms with Crippen LogP contribution in [-0.4, -0.2) is 54.0 Å². The molecule has 0 fully saturated rings. The molecule has 0 aromatic heterocycles. The molecule has 118 valence electrons. The summed E-state index contributed by atoms with van der Waals surface area (Å²) in [6, 6.07) is -2.09. The van der Waals surface area contributed by atoms with Crippen LogP contribution >= 0.6 is 0 Å². The summed E-state index contributed by atoms with van der Waals surface area (Å²) in [5, 5.41) is 2.22. The second kappa shape index (κ2) is 10.7. The number of hydrogen-bond acceptors (Lipinski definition) is 6. The van der Waals surface area contributed by atoms with E-state index in [0.717, 1.165) is 6.21 Å². The number of amides is 1. The third kappa shape index (κ3) is 9.48. The lowest BCUT2D eigenvalue weighted by molar-refractivity contribution is -0.152. The molecular weight excluding hydrogens is 278 g/mol. The molecule has 0 aromatic carbocycles. The van der Waals surface area contributed by atoms with Gasteiger partial charge in [-0.2, -0.15) is 0 Å². The van der Waals surface area contributed by atoms with Crippen LogP contribution in [0.5, 0.6) is 0 Å². The predicted molar refractivity (Wildman–Crippen MR) is 72.9 cm³/mol. The maximum Gasteiger partial charge on any atom is 0.372 e. The van der Waals surface area contributed by atoms with Gasteiger partial charge in [0.15, 0.2) is 0 Å². The van der Waals surface area contributed by atoms with Crippen molar-refractivity contribution < 1.29 is 30.0 Å². The number of nitrogens with one attached hydrogen (secondary N) is 2. The highest BCUT2D eigenvalue weighted by Gasteiger charge is 2.24. The quantitative estimate of drug-likeness (QED) is 0.257. The summed E-state index contributed by atoms with van der Waals surface area (Å²) in [5.74, 6) is -2.13. The minimum Gasteiger partial charge on any atom is -0.461 e. The molecule has 0 radical (unpaired) electrons. The number of carbonyl (C=O) groups is 3. The van der Waals surface area contributed by atoms with E-state index in [1.807, 2.05) is 0 Å². The van der Waals surface area contributed by atoms with Crippen LogP contribution in [0.3, 0.4) is 0 Å². The highest BCUT2D eigenvalue weighted by Crippen LogP contribution is 2.03. The normalized spacial score (nSPS) is 13.6. The number of nitrogens with zero attached hydrogens (tertiary/aromatic N) is 1. The molecule has 0 rings (SSSR count). The zero-order chi connectivity index (χ0) is 17.2. The van der Waals surface area contributed by atoms with Crippen molar-refractivity contribution >= 4 is 23.9 Å². The van der Waals surface area contributed by atoms with Crippen molar-refractivity contribution in [2.24, 2.45) is 0 Å². The summed E-state index contributed by atoms with van der Waals surface area (Å²) in [6.45, 7) is 4.94. The van der Waals surface area contributed by atoms with Gasteiger partial charge in [-0.25, -0.2) is 4.79 Å². The summed E-state index contributed by atoms with van der Waals surface area (Å²) in [6.07, 6.45) is -0.211. The number of carbonyl (C=O) groups excluding carboxylic acids is 3. The minimum atomic E-state index is -2.09. The number of Topliss-reactive ketones (excluding diaryl/α,β-unsaturated/α-hetero) is 1. The zero-order valence-corrected chi connectivity index (χ0v) is 12.5. The third-order valence-electron chi connectivity index (χ3n) is 2.15. The van der Waals surface area contributed by atoms with Gasteiger partial charge in [-0.1, -0.05) is 0 Å². The predicted octanol–water partition coefficient (Wildman–Crippen LogP) is 0.119. The molecule has 0 bridgehead atoms. The van der Waals surface area contributed by atoms with Gasteiger partial charge >= 0.3 is 12.2 Å². The number of hydrogen-bond donors (Lipinski definition) is 2. The van der Waals surface area contributed by atoms with Gasteiger partial charge in [0.2, 0.25) is 11.7 Å². The van der Waals surface area contributed by atoms with E-state index >= 15 is 0 Å². The molecule has 1 amide bonds. The van der Waals surface area contributed by atoms with E-state index in [9.17, 15) is 14.4 Å². The fourth-order valence-electron chi connectivity index (χ4n) is 1.28. The summed E-state index contributed by atoms with van der Waals surface area (Å²) in [4.78, 5) is 37.9. The number of rotatable bonds is 10. The molecule has 0 aliphatic rings. The Morgan fingerprint density at radius 2 is 2.10 bits per heavy atom. The highest BCUT2D eigenvalue weighted by molar-refractivity contribution is 6.25. The van der Waals surface area contributed by atoms with Crippen molar-refractivity contribution in [2.45, 2.75) is 45.7 Å². The maximum absolute atomic E-state index is 12.0. The molecule has 21 heavy (non-hydrogen) atoms. The molecule has 0 aromatic rings. The Bertz CT molecular complexity index is 463. The molecule has 0 saturated carbocycles. The topological polar surface area (TPSA) is 120 Å². The van der Waals surface area contributed by atoms with E-state index in [1.54, 1.807) is 20.8 Å². The van der Waals surface area contributed by atoms with E-state index in [4.69, 9.17) is 16.4 Å². The smallest absolute Gasteiger partial charge is 0.372 e. The average molecular weight is 301 g/mol. The summed E-state index contributed by atoms with van der Waals surface area (Å²) in [5.41, 5.74) is 6.56. The molecule has 0 unspecified atom stereocenters. The Morgan fingerprint density at radius 3 is 2.62 bits per heavy atom. The second-order valence-electron chi connectivity index (χ2n) is 4.34. The van der Waals surface area contributed by atoms with Gasteiger partial charge < -0.3 is 14.8 Å². The first-order valence-electron chi connectivity index (χ1n) is 7.07. The molecule has 2 N–H and O–H groups in total. The highest BCUT2D eigenvalue weighted by atomic mass is 16.5. The third-order valence-corrected chi connectivity index (χ3v) is 2.15. The molecule has 1 atom stereocenters. The van der Waals surface area contributed by atoms with Gasteiger partial charge in [-0.3, -0.25) is 9.59 Å². The van der Waals surface area contributed by atoms with Crippen molar-refractivity contribution in [3.63, 3.8) is 0 Å². The molecule has 0 saturated heterocycles. The lowest BCUT2D eigenvalue weighted by Crippen LogP contribution is -2.44. The molecule has 0 heterocycles. The minimum absolute atomic E-state index is 0.228. The second-order valence-corrected chi connectivity index (χ2v) is 4.34. The van der Waals surface area contributed by atoms with Gasteiger partial charge in [0.25, 0.3) is 0 Å². The van der Waals surface area contributed by atoms with Crippen LogP contribution in [0.2, 0.25) is 0 Å². The van der Waals surface area contributed by atoms with Crippen LogP contribution in [0.25, 0.3) is 0 Å². The first-order chi connectivity index (χ1) is 10.2. The van der Waals surface area contributed by atoms with E-state index < -0.39 is 29.8 Å². The summed E-state index contributed by atoms with van der Waals surface area (Å²) in [7, 11) is 0. The van der Waals surface area contributed by atoms with Gasteiger partial charge in [0.1, 0.15) is 12.6 Å².